The molecule has 2 aromatic rings. The van der Waals surface area contributed by atoms with Crippen molar-refractivity contribution >= 4 is 11.3 Å². The van der Waals surface area contributed by atoms with Gasteiger partial charge in [-0.1, -0.05) is 0 Å². The van der Waals surface area contributed by atoms with Gasteiger partial charge in [0.15, 0.2) is 0 Å². The van der Waals surface area contributed by atoms with Crippen molar-refractivity contribution in [2.45, 2.75) is 40.3 Å². The molecule has 0 atom stereocenters. The van der Waals surface area contributed by atoms with Crippen molar-refractivity contribution in [2.75, 3.05) is 0 Å². The number of nitrogens with two attached hydrogens (primary N) is 1. The fourth-order valence-electron chi connectivity index (χ4n) is 2.02. The monoisotopic (exact) mass is 250 g/mol. The molecular formula is C12H18N4S. The Hall–Kier alpha value is -1.20. The van der Waals surface area contributed by atoms with Crippen LogP contribution in [0, 0.1) is 20.8 Å². The van der Waals surface area contributed by atoms with Crippen molar-refractivity contribution in [3.63, 3.8) is 0 Å². The van der Waals surface area contributed by atoms with Crippen LogP contribution in [0.25, 0.3) is 0 Å². The molecule has 0 aliphatic heterocycles. The van der Waals surface area contributed by atoms with Crippen molar-refractivity contribution < 1.29 is 0 Å². The average molecular weight is 250 g/mol. The van der Waals surface area contributed by atoms with Crippen LogP contribution in [0.1, 0.15) is 27.5 Å². The van der Waals surface area contributed by atoms with Crippen molar-refractivity contribution in [1.82, 2.24) is 14.8 Å². The lowest BCUT2D eigenvalue weighted by Gasteiger charge is -2.04. The second-order valence-electron chi connectivity index (χ2n) is 4.19. The zero-order chi connectivity index (χ0) is 12.4. The SMILES string of the molecule is Cc1ncsc1CCn1nc(C)c(CN)c1C. The first-order valence-corrected chi connectivity index (χ1v) is 6.63. The van der Waals surface area contributed by atoms with Crippen LogP contribution in [0.4, 0.5) is 0 Å². The van der Waals surface area contributed by atoms with E-state index in [-0.39, 0.29) is 0 Å². The van der Waals surface area contributed by atoms with Gasteiger partial charge in [-0.3, -0.25) is 4.68 Å². The maximum atomic E-state index is 5.72. The molecule has 0 unspecified atom stereocenters. The number of hydrogen-bond acceptors (Lipinski definition) is 4. The lowest BCUT2D eigenvalue weighted by Crippen LogP contribution is -2.06. The summed E-state index contributed by atoms with van der Waals surface area (Å²) in [5.41, 5.74) is 12.2. The Morgan fingerprint density at radius 2 is 2.06 bits per heavy atom. The fraction of sp³-hybridized carbons (Fsp3) is 0.500. The average Bonchev–Trinajstić information content (AvgIpc) is 2.81. The quantitative estimate of drug-likeness (QED) is 0.902. The minimum Gasteiger partial charge on any atom is -0.326 e. The Labute approximate surface area is 105 Å². The second kappa shape index (κ2) is 4.98. The van der Waals surface area contributed by atoms with Gasteiger partial charge in [-0.15, -0.1) is 11.3 Å². The Morgan fingerprint density at radius 3 is 2.59 bits per heavy atom. The van der Waals surface area contributed by atoms with E-state index in [2.05, 4.69) is 28.6 Å². The second-order valence-corrected chi connectivity index (χ2v) is 5.13. The number of hydrogen-bond donors (Lipinski definition) is 1. The number of aryl methyl sites for hydroxylation is 4. The normalized spacial score (nSPS) is 11.1. The topological polar surface area (TPSA) is 56.7 Å². The molecule has 0 aliphatic rings. The molecule has 0 fully saturated rings. The first-order valence-electron chi connectivity index (χ1n) is 5.75. The van der Waals surface area contributed by atoms with Gasteiger partial charge >= 0.3 is 0 Å². The molecule has 2 aromatic heterocycles. The van der Waals surface area contributed by atoms with Crippen molar-refractivity contribution in [3.05, 3.63) is 33.0 Å². The summed E-state index contributed by atoms with van der Waals surface area (Å²) in [7, 11) is 0. The zero-order valence-electron chi connectivity index (χ0n) is 10.5. The molecule has 17 heavy (non-hydrogen) atoms. The molecule has 0 aromatic carbocycles. The first-order chi connectivity index (χ1) is 8.13. The third kappa shape index (κ3) is 2.40. The minimum atomic E-state index is 0.567. The summed E-state index contributed by atoms with van der Waals surface area (Å²) in [6, 6.07) is 0. The smallest absolute Gasteiger partial charge is 0.0797 e. The summed E-state index contributed by atoms with van der Waals surface area (Å²) >= 11 is 1.71. The Morgan fingerprint density at radius 1 is 1.29 bits per heavy atom. The molecule has 5 heteroatoms. The van der Waals surface area contributed by atoms with E-state index in [1.165, 1.54) is 16.1 Å². The highest BCUT2D eigenvalue weighted by Crippen LogP contribution is 2.16. The van der Waals surface area contributed by atoms with Crippen LogP contribution >= 0.6 is 11.3 Å². The molecule has 0 spiro atoms. The molecule has 0 amide bonds. The third-order valence-electron chi connectivity index (χ3n) is 3.13. The molecule has 0 aliphatic carbocycles. The highest BCUT2D eigenvalue weighted by atomic mass is 32.1. The molecule has 2 rings (SSSR count). The van der Waals surface area contributed by atoms with Crippen LogP contribution in [0.5, 0.6) is 0 Å². The molecule has 2 N–H and O–H groups in total. The van der Waals surface area contributed by atoms with Crippen LogP contribution in [0.3, 0.4) is 0 Å². The Kier molecular flexibility index (Phi) is 3.59. The maximum absolute atomic E-state index is 5.72. The van der Waals surface area contributed by atoms with E-state index in [1.54, 1.807) is 11.3 Å². The molecule has 4 nitrogen and oxygen atoms in total. The fourth-order valence-corrected chi connectivity index (χ4v) is 2.79. The number of thiazole rings is 1. The van der Waals surface area contributed by atoms with Crippen LogP contribution in [0.2, 0.25) is 0 Å². The summed E-state index contributed by atoms with van der Waals surface area (Å²) in [5.74, 6) is 0. The third-order valence-corrected chi connectivity index (χ3v) is 4.13. The maximum Gasteiger partial charge on any atom is 0.0797 e. The Bertz CT molecular complexity index is 513. The lowest BCUT2D eigenvalue weighted by atomic mass is 10.2. The van der Waals surface area contributed by atoms with E-state index < -0.39 is 0 Å². The molecule has 92 valence electrons. The van der Waals surface area contributed by atoms with Crippen LogP contribution in [-0.4, -0.2) is 14.8 Å². The molecule has 0 saturated heterocycles. The first kappa shape index (κ1) is 12.3. The van der Waals surface area contributed by atoms with Gasteiger partial charge in [-0.2, -0.15) is 5.10 Å². The molecule has 0 bridgehead atoms. The van der Waals surface area contributed by atoms with E-state index in [9.17, 15) is 0 Å². The summed E-state index contributed by atoms with van der Waals surface area (Å²) in [4.78, 5) is 5.60. The molecule has 0 radical (unpaired) electrons. The summed E-state index contributed by atoms with van der Waals surface area (Å²) in [5, 5.41) is 4.53. The standard InChI is InChI=1S/C12H18N4S/c1-8-11(6-13)10(3)16(15-8)5-4-12-9(2)14-7-17-12/h7H,4-6,13H2,1-3H3. The van der Waals surface area contributed by atoms with E-state index >= 15 is 0 Å². The van der Waals surface area contributed by atoms with E-state index in [0.717, 1.165) is 24.4 Å². The van der Waals surface area contributed by atoms with Gasteiger partial charge in [-0.25, -0.2) is 4.98 Å². The Balaban J connectivity index is 2.12. The van der Waals surface area contributed by atoms with Crippen LogP contribution in [-0.2, 0) is 19.5 Å². The van der Waals surface area contributed by atoms with Gasteiger partial charge in [0.25, 0.3) is 0 Å². The van der Waals surface area contributed by atoms with E-state index in [1.807, 2.05) is 12.4 Å². The molecule has 0 saturated carbocycles. The van der Waals surface area contributed by atoms with Crippen LogP contribution < -0.4 is 5.73 Å². The largest absolute Gasteiger partial charge is 0.326 e. The number of nitrogens with zero attached hydrogens (tertiary/aromatic N) is 3. The van der Waals surface area contributed by atoms with Gasteiger partial charge in [0.05, 0.1) is 16.9 Å². The van der Waals surface area contributed by atoms with Gasteiger partial charge in [0.1, 0.15) is 0 Å². The van der Waals surface area contributed by atoms with Crippen molar-refractivity contribution in [2.24, 2.45) is 5.73 Å². The highest BCUT2D eigenvalue weighted by molar-refractivity contribution is 7.09. The summed E-state index contributed by atoms with van der Waals surface area (Å²) in [6.07, 6.45) is 0.989. The van der Waals surface area contributed by atoms with Crippen LogP contribution in [0.15, 0.2) is 5.51 Å². The predicted molar refractivity (Wildman–Crippen MR) is 70.1 cm³/mol. The van der Waals surface area contributed by atoms with E-state index in [0.29, 0.717) is 6.54 Å². The van der Waals surface area contributed by atoms with Gasteiger partial charge < -0.3 is 5.73 Å². The summed E-state index contributed by atoms with van der Waals surface area (Å²) in [6.45, 7) is 7.62. The van der Waals surface area contributed by atoms with Crippen molar-refractivity contribution in [1.29, 1.82) is 0 Å². The van der Waals surface area contributed by atoms with E-state index in [4.69, 9.17) is 5.73 Å². The van der Waals surface area contributed by atoms with Gasteiger partial charge in [0.2, 0.25) is 0 Å². The van der Waals surface area contributed by atoms with Gasteiger partial charge in [0, 0.05) is 35.6 Å². The predicted octanol–water partition coefficient (Wildman–Crippen LogP) is 1.97. The number of aromatic nitrogens is 3. The van der Waals surface area contributed by atoms with Crippen molar-refractivity contribution in [3.8, 4) is 0 Å². The summed E-state index contributed by atoms with van der Waals surface area (Å²) < 4.78 is 2.05. The highest BCUT2D eigenvalue weighted by Gasteiger charge is 2.10. The molecule has 2 heterocycles. The number of rotatable bonds is 4. The lowest BCUT2D eigenvalue weighted by molar-refractivity contribution is 0.595. The molecular weight excluding hydrogens is 232 g/mol. The minimum absolute atomic E-state index is 0.567. The van der Waals surface area contributed by atoms with Gasteiger partial charge in [-0.05, 0) is 20.8 Å². The zero-order valence-corrected chi connectivity index (χ0v) is 11.3.